The molecule has 0 aliphatic rings. The molecule has 0 saturated carbocycles. The molecule has 0 bridgehead atoms. The third-order valence-electron chi connectivity index (χ3n) is 5.33. The normalized spacial score (nSPS) is 12.0. The number of carbonyl (C=O) groups excluding carboxylic acids is 3. The predicted molar refractivity (Wildman–Crippen MR) is 135 cm³/mol. The van der Waals surface area contributed by atoms with Gasteiger partial charge in [0, 0.05) is 17.5 Å². The molecule has 0 aromatic heterocycles. The van der Waals surface area contributed by atoms with Crippen LogP contribution >= 0.6 is 0 Å². The summed E-state index contributed by atoms with van der Waals surface area (Å²) < 4.78 is 0. The Balaban J connectivity index is 1.79. The highest BCUT2D eigenvalue weighted by Gasteiger charge is 2.24. The number of ketones is 1. The summed E-state index contributed by atoms with van der Waals surface area (Å²) in [5, 5.41) is 5.89. The van der Waals surface area contributed by atoms with Gasteiger partial charge in [0.1, 0.15) is 0 Å². The van der Waals surface area contributed by atoms with Gasteiger partial charge < -0.3 is 10.6 Å². The lowest BCUT2D eigenvalue weighted by molar-refractivity contribution is -0.127. The zero-order chi connectivity index (χ0) is 24.6. The van der Waals surface area contributed by atoms with Gasteiger partial charge in [0.05, 0.1) is 12.5 Å². The second kappa shape index (κ2) is 11.4. The summed E-state index contributed by atoms with van der Waals surface area (Å²) >= 11 is 0. The average Bonchev–Trinajstić information content (AvgIpc) is 2.79. The van der Waals surface area contributed by atoms with Crippen LogP contribution in [0.4, 0.5) is 0 Å². The first-order valence-corrected chi connectivity index (χ1v) is 11.5. The minimum atomic E-state index is -0.697. The fourth-order valence-electron chi connectivity index (χ4n) is 3.74. The van der Waals surface area contributed by atoms with Crippen LogP contribution in [0.1, 0.15) is 47.8 Å². The number of carbonyl (C=O) groups is 3. The van der Waals surface area contributed by atoms with Gasteiger partial charge in [-0.2, -0.15) is 0 Å². The smallest absolute Gasteiger partial charge is 0.251 e. The molecular formula is C29H32N2O3. The van der Waals surface area contributed by atoms with Crippen LogP contribution in [-0.4, -0.2) is 29.2 Å². The molecule has 5 heteroatoms. The minimum absolute atomic E-state index is 0.0524. The van der Waals surface area contributed by atoms with Crippen LogP contribution in [0.15, 0.2) is 84.9 Å². The monoisotopic (exact) mass is 456 g/mol. The maximum atomic E-state index is 13.4. The van der Waals surface area contributed by atoms with E-state index >= 15 is 0 Å². The van der Waals surface area contributed by atoms with Gasteiger partial charge in [-0.05, 0) is 49.9 Å². The average molecular weight is 457 g/mol. The first-order valence-electron chi connectivity index (χ1n) is 11.5. The zero-order valence-electron chi connectivity index (χ0n) is 20.0. The molecule has 3 aromatic carbocycles. The lowest BCUT2D eigenvalue weighted by atomic mass is 9.94. The summed E-state index contributed by atoms with van der Waals surface area (Å²) in [6.45, 7) is 5.74. The van der Waals surface area contributed by atoms with E-state index in [2.05, 4.69) is 10.6 Å². The quantitative estimate of drug-likeness (QED) is 0.504. The Kier molecular flexibility index (Phi) is 8.36. The van der Waals surface area contributed by atoms with Gasteiger partial charge in [0.25, 0.3) is 5.91 Å². The van der Waals surface area contributed by atoms with Gasteiger partial charge in [0.2, 0.25) is 5.91 Å². The van der Waals surface area contributed by atoms with Crippen molar-refractivity contribution in [1.82, 2.24) is 10.6 Å². The van der Waals surface area contributed by atoms with Crippen LogP contribution in [0.2, 0.25) is 0 Å². The molecule has 0 unspecified atom stereocenters. The number of benzene rings is 3. The van der Waals surface area contributed by atoms with E-state index in [1.165, 1.54) is 0 Å². The number of nitrogens with one attached hydrogen (secondary N) is 2. The third kappa shape index (κ3) is 7.69. The molecule has 3 aromatic rings. The van der Waals surface area contributed by atoms with Gasteiger partial charge in [0.15, 0.2) is 5.78 Å². The Hall–Kier alpha value is -3.73. The Morgan fingerprint density at radius 3 is 1.91 bits per heavy atom. The number of hydrogen-bond acceptors (Lipinski definition) is 3. The number of hydrogen-bond donors (Lipinski definition) is 2. The van der Waals surface area contributed by atoms with Crippen LogP contribution in [0.3, 0.4) is 0 Å². The SMILES string of the molecule is CC(C)(C)NC(=O)c1ccccc1CC(=O)[C@H](Cc1ccccc1)NC(=O)Cc1ccccc1. The molecule has 3 rings (SSSR count). The Labute approximate surface area is 201 Å². The summed E-state index contributed by atoms with van der Waals surface area (Å²) in [6.07, 6.45) is 0.636. The minimum Gasteiger partial charge on any atom is -0.347 e. The van der Waals surface area contributed by atoms with Crippen LogP contribution in [-0.2, 0) is 28.9 Å². The van der Waals surface area contributed by atoms with Crippen molar-refractivity contribution < 1.29 is 14.4 Å². The van der Waals surface area contributed by atoms with Gasteiger partial charge in [-0.25, -0.2) is 0 Å². The fraction of sp³-hybridized carbons (Fsp3) is 0.276. The van der Waals surface area contributed by atoms with Crippen molar-refractivity contribution in [2.45, 2.75) is 51.6 Å². The van der Waals surface area contributed by atoms with Crippen molar-refractivity contribution in [1.29, 1.82) is 0 Å². The first kappa shape index (κ1) is 24.9. The van der Waals surface area contributed by atoms with Crippen LogP contribution in [0.25, 0.3) is 0 Å². The fourth-order valence-corrected chi connectivity index (χ4v) is 3.74. The summed E-state index contributed by atoms with van der Waals surface area (Å²) in [5.74, 6) is -0.566. The van der Waals surface area contributed by atoms with E-state index in [9.17, 15) is 14.4 Å². The summed E-state index contributed by atoms with van der Waals surface area (Å²) in [4.78, 5) is 39.0. The van der Waals surface area contributed by atoms with Gasteiger partial charge >= 0.3 is 0 Å². The molecule has 34 heavy (non-hydrogen) atoms. The van der Waals surface area contributed by atoms with Gasteiger partial charge in [-0.3, -0.25) is 14.4 Å². The molecule has 2 N–H and O–H groups in total. The van der Waals surface area contributed by atoms with Crippen molar-refractivity contribution in [3.05, 3.63) is 107 Å². The highest BCUT2D eigenvalue weighted by Crippen LogP contribution is 2.15. The van der Waals surface area contributed by atoms with Crippen LogP contribution in [0, 0.1) is 0 Å². The zero-order valence-corrected chi connectivity index (χ0v) is 20.0. The van der Waals surface area contributed by atoms with E-state index < -0.39 is 11.6 Å². The first-order chi connectivity index (χ1) is 16.2. The van der Waals surface area contributed by atoms with E-state index in [4.69, 9.17) is 0 Å². The maximum Gasteiger partial charge on any atom is 0.251 e. The van der Waals surface area contributed by atoms with Crippen LogP contribution < -0.4 is 10.6 Å². The second-order valence-corrected chi connectivity index (χ2v) is 9.48. The summed E-state index contributed by atoms with van der Waals surface area (Å²) in [7, 11) is 0. The second-order valence-electron chi connectivity index (χ2n) is 9.48. The summed E-state index contributed by atoms with van der Waals surface area (Å²) in [6, 6.07) is 25.5. The number of rotatable bonds is 9. The van der Waals surface area contributed by atoms with Crippen molar-refractivity contribution in [2.24, 2.45) is 0 Å². The molecule has 0 heterocycles. The summed E-state index contributed by atoms with van der Waals surface area (Å²) in [5.41, 5.74) is 2.56. The van der Waals surface area contributed by atoms with Crippen molar-refractivity contribution in [2.75, 3.05) is 0 Å². The van der Waals surface area contributed by atoms with E-state index in [1.54, 1.807) is 18.2 Å². The van der Waals surface area contributed by atoms with Crippen molar-refractivity contribution in [3.63, 3.8) is 0 Å². The molecule has 0 aliphatic carbocycles. The predicted octanol–water partition coefficient (Wildman–Crippen LogP) is 4.30. The lowest BCUT2D eigenvalue weighted by Crippen LogP contribution is -2.44. The molecular weight excluding hydrogens is 424 g/mol. The van der Waals surface area contributed by atoms with Gasteiger partial charge in [-0.15, -0.1) is 0 Å². The highest BCUT2D eigenvalue weighted by molar-refractivity contribution is 5.98. The maximum absolute atomic E-state index is 13.4. The Morgan fingerprint density at radius 2 is 1.29 bits per heavy atom. The Bertz CT molecular complexity index is 1120. The molecule has 5 nitrogen and oxygen atoms in total. The van der Waals surface area contributed by atoms with E-state index in [0.717, 1.165) is 11.1 Å². The molecule has 176 valence electrons. The topological polar surface area (TPSA) is 75.3 Å². The molecule has 0 spiro atoms. The van der Waals surface area contributed by atoms with Crippen LogP contribution in [0.5, 0.6) is 0 Å². The number of Topliss-reactive ketones (excluding diaryl/α,β-unsaturated/α-hetero) is 1. The third-order valence-corrected chi connectivity index (χ3v) is 5.33. The molecule has 1 atom stereocenters. The Morgan fingerprint density at radius 1 is 0.735 bits per heavy atom. The highest BCUT2D eigenvalue weighted by atomic mass is 16.2. The molecule has 2 amide bonds. The van der Waals surface area contributed by atoms with E-state index in [1.807, 2.05) is 87.5 Å². The van der Waals surface area contributed by atoms with Gasteiger partial charge in [-0.1, -0.05) is 78.9 Å². The molecule has 0 saturated heterocycles. The van der Waals surface area contributed by atoms with E-state index in [-0.39, 0.29) is 30.4 Å². The van der Waals surface area contributed by atoms with E-state index in [0.29, 0.717) is 17.5 Å². The molecule has 0 aliphatic heterocycles. The largest absolute Gasteiger partial charge is 0.347 e. The van der Waals surface area contributed by atoms with Crippen molar-refractivity contribution >= 4 is 17.6 Å². The number of amides is 2. The standard InChI is InChI=1S/C29H32N2O3/c1-29(2,3)31-28(34)24-17-11-10-16-23(24)20-26(32)25(18-21-12-6-4-7-13-21)30-27(33)19-22-14-8-5-9-15-22/h4-17,25H,18-20H2,1-3H3,(H,30,33)(H,31,34)/t25-/m0/s1. The molecule has 0 radical (unpaired) electrons. The van der Waals surface area contributed by atoms with Crippen molar-refractivity contribution in [3.8, 4) is 0 Å². The lowest BCUT2D eigenvalue weighted by Gasteiger charge is -2.22. The molecule has 0 fully saturated rings.